The molecule has 1 amide bonds. The molecule has 0 atom stereocenters. The molecule has 4 heteroatoms. The fourth-order valence-electron chi connectivity index (χ4n) is 1.85. The molecule has 0 aliphatic heterocycles. The van der Waals surface area contributed by atoms with E-state index in [0.29, 0.717) is 6.54 Å². The highest BCUT2D eigenvalue weighted by molar-refractivity contribution is 7.99. The third-order valence-corrected chi connectivity index (χ3v) is 3.93. The van der Waals surface area contributed by atoms with Gasteiger partial charge in [0.15, 0.2) is 0 Å². The molecule has 0 aliphatic carbocycles. The van der Waals surface area contributed by atoms with E-state index in [2.05, 4.69) is 29.7 Å². The number of benzene rings is 2. The second-order valence-electron chi connectivity index (χ2n) is 4.64. The minimum atomic E-state index is -0.00967. The molecule has 0 heterocycles. The monoisotopic (exact) mass is 300 g/mol. The predicted octanol–water partition coefficient (Wildman–Crippen LogP) is 3.78. The zero-order valence-electron chi connectivity index (χ0n) is 12.1. The average Bonchev–Trinajstić information content (AvgIpc) is 2.51. The van der Waals surface area contributed by atoms with Crippen LogP contribution in [-0.2, 0) is 4.79 Å². The summed E-state index contributed by atoms with van der Waals surface area (Å²) in [4.78, 5) is 14.1. The number of para-hydroxylation sites is 1. The van der Waals surface area contributed by atoms with Crippen LogP contribution < -0.4 is 10.6 Å². The number of nitrogens with one attached hydrogen (secondary N) is 2. The maximum atomic E-state index is 11.9. The normalized spacial score (nSPS) is 10.3. The van der Waals surface area contributed by atoms with E-state index in [9.17, 15) is 4.79 Å². The van der Waals surface area contributed by atoms with Gasteiger partial charge in [0.05, 0.1) is 12.2 Å². The second-order valence-corrected chi connectivity index (χ2v) is 5.75. The molecule has 0 saturated carbocycles. The van der Waals surface area contributed by atoms with Gasteiger partial charge in [0.1, 0.15) is 0 Å². The van der Waals surface area contributed by atoms with Crippen LogP contribution in [0.15, 0.2) is 64.4 Å². The fraction of sp³-hybridized carbons (Fsp3) is 0.235. The summed E-state index contributed by atoms with van der Waals surface area (Å²) in [6, 6.07) is 18.0. The summed E-state index contributed by atoms with van der Waals surface area (Å²) in [6.45, 7) is 3.28. The molecule has 2 aromatic rings. The number of rotatable bonds is 7. The maximum Gasteiger partial charge on any atom is 0.238 e. The highest BCUT2D eigenvalue weighted by Gasteiger charge is 2.07. The SMILES string of the molecule is CCCNCC(=O)Nc1ccccc1Sc1ccccc1. The average molecular weight is 300 g/mol. The van der Waals surface area contributed by atoms with Crippen molar-refractivity contribution in [3.63, 3.8) is 0 Å². The van der Waals surface area contributed by atoms with Gasteiger partial charge in [-0.3, -0.25) is 4.79 Å². The molecule has 2 aromatic carbocycles. The van der Waals surface area contributed by atoms with Crippen molar-refractivity contribution in [2.24, 2.45) is 0 Å². The fourth-order valence-corrected chi connectivity index (χ4v) is 2.77. The quantitative estimate of drug-likeness (QED) is 0.765. The Morgan fingerprint density at radius 1 is 1.05 bits per heavy atom. The van der Waals surface area contributed by atoms with Crippen LogP contribution in [0, 0.1) is 0 Å². The Kier molecular flexibility index (Phi) is 6.31. The van der Waals surface area contributed by atoms with Crippen molar-refractivity contribution in [2.45, 2.75) is 23.1 Å². The number of hydrogen-bond acceptors (Lipinski definition) is 3. The van der Waals surface area contributed by atoms with Crippen LogP contribution in [0.25, 0.3) is 0 Å². The van der Waals surface area contributed by atoms with Gasteiger partial charge >= 0.3 is 0 Å². The molecular formula is C17H20N2OS. The van der Waals surface area contributed by atoms with Gasteiger partial charge in [0.25, 0.3) is 0 Å². The van der Waals surface area contributed by atoms with E-state index in [1.54, 1.807) is 11.8 Å². The first-order chi connectivity index (χ1) is 10.3. The summed E-state index contributed by atoms with van der Waals surface area (Å²) in [5.74, 6) is -0.00967. The van der Waals surface area contributed by atoms with Gasteiger partial charge in [-0.15, -0.1) is 0 Å². The van der Waals surface area contributed by atoms with Crippen LogP contribution in [0.4, 0.5) is 5.69 Å². The van der Waals surface area contributed by atoms with Crippen molar-refractivity contribution in [1.82, 2.24) is 5.32 Å². The van der Waals surface area contributed by atoms with E-state index in [-0.39, 0.29) is 5.91 Å². The summed E-state index contributed by atoms with van der Waals surface area (Å²) >= 11 is 1.65. The van der Waals surface area contributed by atoms with E-state index in [0.717, 1.165) is 28.4 Å². The van der Waals surface area contributed by atoms with Crippen molar-refractivity contribution in [3.8, 4) is 0 Å². The topological polar surface area (TPSA) is 41.1 Å². The number of anilines is 1. The molecule has 3 nitrogen and oxygen atoms in total. The minimum absolute atomic E-state index is 0.00967. The van der Waals surface area contributed by atoms with Crippen LogP contribution in [0.2, 0.25) is 0 Å². The van der Waals surface area contributed by atoms with Crippen LogP contribution in [-0.4, -0.2) is 19.0 Å². The largest absolute Gasteiger partial charge is 0.324 e. The van der Waals surface area contributed by atoms with Crippen LogP contribution in [0.5, 0.6) is 0 Å². The Bertz CT molecular complexity index is 572. The van der Waals surface area contributed by atoms with Crippen molar-refractivity contribution in [3.05, 3.63) is 54.6 Å². The zero-order chi connectivity index (χ0) is 14.9. The maximum absolute atomic E-state index is 11.9. The van der Waals surface area contributed by atoms with Gasteiger partial charge < -0.3 is 10.6 Å². The number of carbonyl (C=O) groups is 1. The van der Waals surface area contributed by atoms with E-state index >= 15 is 0 Å². The van der Waals surface area contributed by atoms with Crippen LogP contribution in [0.3, 0.4) is 0 Å². The molecular weight excluding hydrogens is 280 g/mol. The third kappa shape index (κ3) is 5.25. The molecule has 110 valence electrons. The third-order valence-electron chi connectivity index (χ3n) is 2.84. The molecule has 0 fully saturated rings. The smallest absolute Gasteiger partial charge is 0.238 e. The number of carbonyl (C=O) groups excluding carboxylic acids is 1. The molecule has 0 aromatic heterocycles. The molecule has 0 unspecified atom stereocenters. The second kappa shape index (κ2) is 8.49. The molecule has 21 heavy (non-hydrogen) atoms. The van der Waals surface area contributed by atoms with Gasteiger partial charge in [-0.05, 0) is 37.2 Å². The first-order valence-electron chi connectivity index (χ1n) is 7.12. The molecule has 0 saturated heterocycles. The zero-order valence-corrected chi connectivity index (χ0v) is 13.0. The first kappa shape index (κ1) is 15.6. The van der Waals surface area contributed by atoms with Gasteiger partial charge in [0.2, 0.25) is 5.91 Å². The number of hydrogen-bond donors (Lipinski definition) is 2. The van der Waals surface area contributed by atoms with Crippen molar-refractivity contribution >= 4 is 23.4 Å². The molecule has 2 rings (SSSR count). The number of amides is 1. The first-order valence-corrected chi connectivity index (χ1v) is 7.93. The summed E-state index contributed by atoms with van der Waals surface area (Å²) in [7, 11) is 0. The molecule has 2 N–H and O–H groups in total. The van der Waals surface area contributed by atoms with Crippen molar-refractivity contribution in [2.75, 3.05) is 18.4 Å². The van der Waals surface area contributed by atoms with Crippen LogP contribution >= 0.6 is 11.8 Å². The molecule has 0 bridgehead atoms. The lowest BCUT2D eigenvalue weighted by Gasteiger charge is -2.11. The van der Waals surface area contributed by atoms with E-state index in [1.807, 2.05) is 42.5 Å². The van der Waals surface area contributed by atoms with Crippen molar-refractivity contribution < 1.29 is 4.79 Å². The lowest BCUT2D eigenvalue weighted by atomic mass is 10.3. The van der Waals surface area contributed by atoms with Crippen LogP contribution in [0.1, 0.15) is 13.3 Å². The molecule has 0 spiro atoms. The van der Waals surface area contributed by atoms with E-state index in [1.165, 1.54) is 0 Å². The Balaban J connectivity index is 2.01. The summed E-state index contributed by atoms with van der Waals surface area (Å²) < 4.78 is 0. The van der Waals surface area contributed by atoms with Gasteiger partial charge in [-0.25, -0.2) is 0 Å². The summed E-state index contributed by atoms with van der Waals surface area (Å²) in [5, 5.41) is 6.07. The Morgan fingerprint density at radius 3 is 2.52 bits per heavy atom. The highest BCUT2D eigenvalue weighted by atomic mass is 32.2. The van der Waals surface area contributed by atoms with E-state index in [4.69, 9.17) is 0 Å². The molecule has 0 aliphatic rings. The summed E-state index contributed by atoms with van der Waals surface area (Å²) in [5.41, 5.74) is 0.856. The standard InChI is InChI=1S/C17H20N2OS/c1-2-12-18-13-17(20)19-15-10-6-7-11-16(15)21-14-8-4-3-5-9-14/h3-11,18H,2,12-13H2,1H3,(H,19,20). The summed E-state index contributed by atoms with van der Waals surface area (Å²) in [6.07, 6.45) is 1.02. The lowest BCUT2D eigenvalue weighted by Crippen LogP contribution is -2.28. The minimum Gasteiger partial charge on any atom is -0.324 e. The van der Waals surface area contributed by atoms with E-state index < -0.39 is 0 Å². The van der Waals surface area contributed by atoms with Crippen molar-refractivity contribution in [1.29, 1.82) is 0 Å². The molecule has 0 radical (unpaired) electrons. The Labute approximate surface area is 130 Å². The van der Waals surface area contributed by atoms with Gasteiger partial charge in [-0.1, -0.05) is 49.0 Å². The van der Waals surface area contributed by atoms with Gasteiger partial charge in [0, 0.05) is 9.79 Å². The Hall–Kier alpha value is -1.78. The Morgan fingerprint density at radius 2 is 1.76 bits per heavy atom. The lowest BCUT2D eigenvalue weighted by molar-refractivity contribution is -0.115. The predicted molar refractivity (Wildman–Crippen MR) is 88.8 cm³/mol. The van der Waals surface area contributed by atoms with Gasteiger partial charge in [-0.2, -0.15) is 0 Å². The highest BCUT2D eigenvalue weighted by Crippen LogP contribution is 2.32.